The molecule has 0 aliphatic rings. The molecule has 1 unspecified atom stereocenters. The quantitative estimate of drug-likeness (QED) is 0.847. The van der Waals surface area contributed by atoms with Crippen LogP contribution in [0.25, 0.3) is 10.8 Å². The van der Waals surface area contributed by atoms with Crippen LogP contribution in [0.4, 0.5) is 0 Å². The first-order valence-corrected chi connectivity index (χ1v) is 5.55. The van der Waals surface area contributed by atoms with Gasteiger partial charge in [-0.1, -0.05) is 42.5 Å². The first-order chi connectivity index (χ1) is 8.24. The van der Waals surface area contributed by atoms with Crippen LogP contribution in [0.15, 0.2) is 42.5 Å². The van der Waals surface area contributed by atoms with Crippen molar-refractivity contribution in [3.8, 4) is 0 Å². The minimum atomic E-state index is -0.893. The number of hydrogen-bond acceptors (Lipinski definition) is 2. The lowest BCUT2D eigenvalue weighted by molar-refractivity contribution is -0.139. The molecule has 3 nitrogen and oxygen atoms in total. The van der Waals surface area contributed by atoms with Crippen LogP contribution in [0.1, 0.15) is 17.9 Å². The molecule has 0 bridgehead atoms. The maximum Gasteiger partial charge on any atom is 0.311 e. The van der Waals surface area contributed by atoms with Crippen LogP contribution in [0.3, 0.4) is 0 Å². The molecule has 3 heteroatoms. The fourth-order valence-corrected chi connectivity index (χ4v) is 2.10. The van der Waals surface area contributed by atoms with Crippen LogP contribution in [0.2, 0.25) is 0 Å². The van der Waals surface area contributed by atoms with E-state index >= 15 is 0 Å². The molecule has 2 aromatic rings. The van der Waals surface area contributed by atoms with Gasteiger partial charge in [-0.25, -0.2) is 0 Å². The molecule has 0 saturated heterocycles. The maximum absolute atomic E-state index is 11.2. The van der Waals surface area contributed by atoms with E-state index in [0.29, 0.717) is 0 Å². The van der Waals surface area contributed by atoms with Crippen molar-refractivity contribution in [2.75, 3.05) is 6.61 Å². The summed E-state index contributed by atoms with van der Waals surface area (Å²) in [5, 5.41) is 20.1. The molecular formula is C14H14O3. The summed E-state index contributed by atoms with van der Waals surface area (Å²) in [5.74, 6) is -1.54. The van der Waals surface area contributed by atoms with Gasteiger partial charge in [0.05, 0.1) is 5.92 Å². The highest BCUT2D eigenvalue weighted by Gasteiger charge is 2.20. The third-order valence-electron chi connectivity index (χ3n) is 2.91. The molecule has 0 amide bonds. The Labute approximate surface area is 99.3 Å². The van der Waals surface area contributed by atoms with Crippen molar-refractivity contribution in [1.29, 1.82) is 0 Å². The summed E-state index contributed by atoms with van der Waals surface area (Å²) in [6.07, 6.45) is 0.239. The van der Waals surface area contributed by atoms with Crippen molar-refractivity contribution in [3.05, 3.63) is 48.0 Å². The van der Waals surface area contributed by atoms with E-state index in [2.05, 4.69) is 0 Å². The van der Waals surface area contributed by atoms with Gasteiger partial charge < -0.3 is 10.2 Å². The number of rotatable bonds is 4. The van der Waals surface area contributed by atoms with Gasteiger partial charge >= 0.3 is 5.97 Å². The summed E-state index contributed by atoms with van der Waals surface area (Å²) in [5.41, 5.74) is 0.768. The molecule has 17 heavy (non-hydrogen) atoms. The van der Waals surface area contributed by atoms with Gasteiger partial charge in [0.1, 0.15) is 0 Å². The zero-order chi connectivity index (χ0) is 12.3. The Balaban J connectivity index is 2.56. The highest BCUT2D eigenvalue weighted by Crippen LogP contribution is 2.27. The monoisotopic (exact) mass is 230 g/mol. The molecule has 0 spiro atoms. The third kappa shape index (κ3) is 2.29. The molecule has 0 heterocycles. The van der Waals surface area contributed by atoms with E-state index in [1.165, 1.54) is 0 Å². The van der Waals surface area contributed by atoms with Gasteiger partial charge in [-0.05, 0) is 22.8 Å². The van der Waals surface area contributed by atoms with Crippen molar-refractivity contribution in [1.82, 2.24) is 0 Å². The number of carboxylic acid groups (broad SMARTS) is 1. The molecule has 0 saturated carbocycles. The van der Waals surface area contributed by atoms with E-state index in [1.54, 1.807) is 0 Å². The van der Waals surface area contributed by atoms with Crippen LogP contribution in [-0.2, 0) is 4.79 Å². The molecule has 0 radical (unpaired) electrons. The van der Waals surface area contributed by atoms with Gasteiger partial charge in [0.25, 0.3) is 0 Å². The van der Waals surface area contributed by atoms with Crippen molar-refractivity contribution in [2.24, 2.45) is 0 Å². The summed E-state index contributed by atoms with van der Waals surface area (Å²) < 4.78 is 0. The van der Waals surface area contributed by atoms with Crippen LogP contribution < -0.4 is 0 Å². The van der Waals surface area contributed by atoms with Gasteiger partial charge in [0.15, 0.2) is 0 Å². The van der Waals surface area contributed by atoms with Crippen molar-refractivity contribution in [3.63, 3.8) is 0 Å². The molecule has 1 atom stereocenters. The Morgan fingerprint density at radius 1 is 1.12 bits per heavy atom. The number of carbonyl (C=O) groups is 1. The molecule has 0 aliphatic carbocycles. The average Bonchev–Trinajstić information content (AvgIpc) is 2.35. The number of carboxylic acids is 1. The van der Waals surface area contributed by atoms with E-state index in [9.17, 15) is 9.90 Å². The number of aliphatic carboxylic acids is 1. The van der Waals surface area contributed by atoms with Gasteiger partial charge in [-0.3, -0.25) is 4.79 Å². The second kappa shape index (κ2) is 4.97. The second-order valence-corrected chi connectivity index (χ2v) is 3.97. The zero-order valence-corrected chi connectivity index (χ0v) is 9.34. The number of aliphatic hydroxyl groups is 1. The van der Waals surface area contributed by atoms with Crippen molar-refractivity contribution in [2.45, 2.75) is 12.3 Å². The SMILES string of the molecule is O=C(O)C(CCO)c1cccc2ccccc12. The van der Waals surface area contributed by atoms with Gasteiger partial charge in [0.2, 0.25) is 0 Å². The average molecular weight is 230 g/mol. The van der Waals surface area contributed by atoms with E-state index in [4.69, 9.17) is 5.11 Å². The Bertz CT molecular complexity index is 528. The number of aliphatic hydroxyl groups excluding tert-OH is 1. The zero-order valence-electron chi connectivity index (χ0n) is 9.34. The minimum absolute atomic E-state index is 0.125. The summed E-state index contributed by atoms with van der Waals surface area (Å²) in [6, 6.07) is 13.3. The molecule has 2 N–H and O–H groups in total. The number of benzene rings is 2. The van der Waals surface area contributed by atoms with Crippen LogP contribution >= 0.6 is 0 Å². The number of fused-ring (bicyclic) bond motifs is 1. The third-order valence-corrected chi connectivity index (χ3v) is 2.91. The second-order valence-electron chi connectivity index (χ2n) is 3.97. The summed E-state index contributed by atoms with van der Waals surface area (Å²) in [4.78, 5) is 11.2. The fourth-order valence-electron chi connectivity index (χ4n) is 2.10. The highest BCUT2D eigenvalue weighted by molar-refractivity contribution is 5.90. The first kappa shape index (κ1) is 11.6. The van der Waals surface area contributed by atoms with E-state index in [0.717, 1.165) is 16.3 Å². The van der Waals surface area contributed by atoms with E-state index in [-0.39, 0.29) is 13.0 Å². The Kier molecular flexibility index (Phi) is 3.40. The standard InChI is InChI=1S/C14H14O3/c15-9-8-13(14(16)17)12-7-3-5-10-4-1-2-6-11(10)12/h1-7,13,15H,8-9H2,(H,16,17). The topological polar surface area (TPSA) is 57.5 Å². The molecule has 0 aliphatic heterocycles. The number of hydrogen-bond donors (Lipinski definition) is 2. The van der Waals surface area contributed by atoms with Crippen LogP contribution in [0.5, 0.6) is 0 Å². The minimum Gasteiger partial charge on any atom is -0.481 e. The highest BCUT2D eigenvalue weighted by atomic mass is 16.4. The predicted molar refractivity (Wildman–Crippen MR) is 66.0 cm³/mol. The summed E-state index contributed by atoms with van der Waals surface area (Å²) >= 11 is 0. The first-order valence-electron chi connectivity index (χ1n) is 5.55. The Hall–Kier alpha value is -1.87. The Morgan fingerprint density at radius 2 is 1.82 bits per heavy atom. The van der Waals surface area contributed by atoms with E-state index in [1.807, 2.05) is 42.5 Å². The van der Waals surface area contributed by atoms with Crippen molar-refractivity contribution >= 4 is 16.7 Å². The van der Waals surface area contributed by atoms with Gasteiger partial charge in [-0.2, -0.15) is 0 Å². The lowest BCUT2D eigenvalue weighted by atomic mass is 9.91. The molecule has 88 valence electrons. The van der Waals surface area contributed by atoms with Crippen molar-refractivity contribution < 1.29 is 15.0 Å². The van der Waals surface area contributed by atoms with Gasteiger partial charge in [0, 0.05) is 6.61 Å². The van der Waals surface area contributed by atoms with Gasteiger partial charge in [-0.15, -0.1) is 0 Å². The molecular weight excluding hydrogens is 216 g/mol. The predicted octanol–water partition coefficient (Wildman–Crippen LogP) is 2.39. The lowest BCUT2D eigenvalue weighted by Gasteiger charge is -2.14. The summed E-state index contributed by atoms with van der Waals surface area (Å²) in [6.45, 7) is -0.125. The smallest absolute Gasteiger partial charge is 0.311 e. The summed E-state index contributed by atoms with van der Waals surface area (Å²) in [7, 11) is 0. The maximum atomic E-state index is 11.2. The molecule has 2 aromatic carbocycles. The molecule has 0 fully saturated rings. The van der Waals surface area contributed by atoms with E-state index < -0.39 is 11.9 Å². The fraction of sp³-hybridized carbons (Fsp3) is 0.214. The molecule has 0 aromatic heterocycles. The normalized spacial score (nSPS) is 12.5. The lowest BCUT2D eigenvalue weighted by Crippen LogP contribution is -2.13. The molecule has 2 rings (SSSR count). The van der Waals surface area contributed by atoms with Crippen LogP contribution in [-0.4, -0.2) is 22.8 Å². The largest absolute Gasteiger partial charge is 0.481 e. The van der Waals surface area contributed by atoms with Crippen LogP contribution in [0, 0.1) is 0 Å². The Morgan fingerprint density at radius 3 is 2.53 bits per heavy atom.